The van der Waals surface area contributed by atoms with Gasteiger partial charge in [0.1, 0.15) is 17.2 Å². The molecule has 100 valence electrons. The van der Waals surface area contributed by atoms with E-state index in [0.717, 1.165) is 0 Å². The van der Waals surface area contributed by atoms with Gasteiger partial charge >= 0.3 is 0 Å². The zero-order valence-corrected chi connectivity index (χ0v) is 11.2. The van der Waals surface area contributed by atoms with Gasteiger partial charge in [0.2, 0.25) is 5.91 Å². The molecule has 0 spiro atoms. The number of aromatic nitrogens is 3. The van der Waals surface area contributed by atoms with Gasteiger partial charge in [-0.3, -0.25) is 4.79 Å². The van der Waals surface area contributed by atoms with Gasteiger partial charge in [0, 0.05) is 19.0 Å². The van der Waals surface area contributed by atoms with E-state index in [2.05, 4.69) is 10.3 Å². The molecule has 0 unspecified atom stereocenters. The summed E-state index contributed by atoms with van der Waals surface area (Å²) in [6.07, 6.45) is 1.58. The summed E-state index contributed by atoms with van der Waals surface area (Å²) >= 11 is 5.68. The minimum absolute atomic E-state index is 0.0766. The molecule has 0 aliphatic carbocycles. The number of hydrogen-bond acceptors (Lipinski definition) is 3. The molecule has 1 aromatic carbocycles. The third-order valence-electron chi connectivity index (χ3n) is 2.63. The Bertz CT molecular complexity index is 614. The number of carbonyl (C=O) groups excluding carboxylic acids is 1. The van der Waals surface area contributed by atoms with Gasteiger partial charge in [0.05, 0.1) is 12.7 Å². The van der Waals surface area contributed by atoms with Crippen molar-refractivity contribution in [3.05, 3.63) is 40.9 Å². The van der Waals surface area contributed by atoms with Crippen LogP contribution in [0, 0.1) is 5.82 Å². The fraction of sp³-hybridized carbons (Fsp3) is 0.250. The van der Waals surface area contributed by atoms with Crippen LogP contribution in [0.25, 0.3) is 5.69 Å². The number of halogens is 2. The summed E-state index contributed by atoms with van der Waals surface area (Å²) in [6, 6.07) is 4.30. The highest BCUT2D eigenvalue weighted by Gasteiger charge is 2.10. The van der Waals surface area contributed by atoms with Crippen LogP contribution in [0.1, 0.15) is 12.6 Å². The van der Waals surface area contributed by atoms with Crippen molar-refractivity contribution in [3.63, 3.8) is 0 Å². The number of rotatable bonds is 3. The summed E-state index contributed by atoms with van der Waals surface area (Å²) < 4.78 is 15.0. The molecule has 0 saturated heterocycles. The van der Waals surface area contributed by atoms with Crippen LogP contribution in [-0.2, 0) is 11.3 Å². The molecule has 0 N–H and O–H groups in total. The number of benzene rings is 1. The molecule has 2 rings (SSSR count). The Morgan fingerprint density at radius 3 is 2.89 bits per heavy atom. The van der Waals surface area contributed by atoms with E-state index >= 15 is 0 Å². The molecule has 7 heteroatoms. The second-order valence-electron chi connectivity index (χ2n) is 4.13. The fourth-order valence-corrected chi connectivity index (χ4v) is 1.67. The van der Waals surface area contributed by atoms with Gasteiger partial charge in [0.25, 0.3) is 0 Å². The van der Waals surface area contributed by atoms with Crippen LogP contribution in [0.4, 0.5) is 4.39 Å². The second-order valence-corrected chi connectivity index (χ2v) is 4.56. The van der Waals surface area contributed by atoms with E-state index in [1.54, 1.807) is 19.3 Å². The molecule has 0 bridgehead atoms. The molecular weight excluding hydrogens is 271 g/mol. The van der Waals surface area contributed by atoms with Gasteiger partial charge in [-0.1, -0.05) is 16.8 Å². The summed E-state index contributed by atoms with van der Waals surface area (Å²) in [7, 11) is 1.66. The maximum atomic E-state index is 13.7. The lowest BCUT2D eigenvalue weighted by atomic mass is 10.3. The van der Waals surface area contributed by atoms with Crippen LogP contribution in [0.3, 0.4) is 0 Å². The summed E-state index contributed by atoms with van der Waals surface area (Å²) in [6.45, 7) is 1.79. The van der Waals surface area contributed by atoms with E-state index in [1.165, 1.54) is 28.6 Å². The molecule has 1 heterocycles. The highest BCUT2D eigenvalue weighted by molar-refractivity contribution is 6.30. The quantitative estimate of drug-likeness (QED) is 0.866. The molecule has 0 atom stereocenters. The predicted molar refractivity (Wildman–Crippen MR) is 68.5 cm³/mol. The molecule has 5 nitrogen and oxygen atoms in total. The van der Waals surface area contributed by atoms with Gasteiger partial charge < -0.3 is 4.90 Å². The fourth-order valence-electron chi connectivity index (χ4n) is 1.51. The van der Waals surface area contributed by atoms with Crippen molar-refractivity contribution >= 4 is 17.5 Å². The van der Waals surface area contributed by atoms with Crippen molar-refractivity contribution in [3.8, 4) is 5.69 Å². The molecule has 2 aromatic rings. The van der Waals surface area contributed by atoms with E-state index < -0.39 is 5.82 Å². The largest absolute Gasteiger partial charge is 0.340 e. The monoisotopic (exact) mass is 282 g/mol. The topological polar surface area (TPSA) is 51.0 Å². The van der Waals surface area contributed by atoms with Crippen molar-refractivity contribution in [2.24, 2.45) is 0 Å². The lowest BCUT2D eigenvalue weighted by Gasteiger charge is -2.11. The number of hydrogen-bond donors (Lipinski definition) is 0. The Kier molecular flexibility index (Phi) is 3.80. The summed E-state index contributed by atoms with van der Waals surface area (Å²) in [5.41, 5.74) is 0.834. The van der Waals surface area contributed by atoms with Crippen molar-refractivity contribution < 1.29 is 9.18 Å². The Balaban J connectivity index is 2.23. The van der Waals surface area contributed by atoms with Crippen molar-refractivity contribution in [2.45, 2.75) is 13.5 Å². The molecule has 0 fully saturated rings. The molecule has 0 aliphatic rings. The van der Waals surface area contributed by atoms with Gasteiger partial charge in [-0.15, -0.1) is 5.10 Å². The molecule has 1 amide bonds. The maximum absolute atomic E-state index is 13.7. The first kappa shape index (κ1) is 13.5. The van der Waals surface area contributed by atoms with E-state index in [4.69, 9.17) is 11.6 Å². The molecular formula is C12H12ClFN4O. The minimum atomic E-state index is -0.483. The predicted octanol–water partition coefficient (Wildman–Crippen LogP) is 2.04. The average Bonchev–Trinajstić information content (AvgIpc) is 2.77. The van der Waals surface area contributed by atoms with Gasteiger partial charge in [0.15, 0.2) is 0 Å². The average molecular weight is 283 g/mol. The SMILES string of the molecule is CC(=O)N(C)Cc1cn(-c2ccc(Cl)cc2F)nn1. The Labute approximate surface area is 114 Å². The molecule has 1 aromatic heterocycles. The van der Waals surface area contributed by atoms with Gasteiger partial charge in [-0.05, 0) is 18.2 Å². The Morgan fingerprint density at radius 2 is 2.26 bits per heavy atom. The van der Waals surface area contributed by atoms with E-state index in [9.17, 15) is 9.18 Å². The first-order valence-corrected chi connectivity index (χ1v) is 5.93. The van der Waals surface area contributed by atoms with Crippen LogP contribution in [0.5, 0.6) is 0 Å². The second kappa shape index (κ2) is 5.36. The Morgan fingerprint density at radius 1 is 1.53 bits per heavy atom. The summed E-state index contributed by atoms with van der Waals surface area (Å²) in [5, 5.41) is 8.05. The number of amides is 1. The normalized spacial score (nSPS) is 10.5. The van der Waals surface area contributed by atoms with Crippen LogP contribution in [-0.4, -0.2) is 32.8 Å². The maximum Gasteiger partial charge on any atom is 0.219 e. The molecule has 0 radical (unpaired) electrons. The highest BCUT2D eigenvalue weighted by Crippen LogP contribution is 2.17. The summed E-state index contributed by atoms with van der Waals surface area (Å²) in [5.74, 6) is -0.559. The summed E-state index contributed by atoms with van der Waals surface area (Å²) in [4.78, 5) is 12.6. The molecule has 19 heavy (non-hydrogen) atoms. The highest BCUT2D eigenvalue weighted by atomic mass is 35.5. The Hall–Kier alpha value is -1.95. The van der Waals surface area contributed by atoms with E-state index in [-0.39, 0.29) is 11.6 Å². The number of carbonyl (C=O) groups is 1. The van der Waals surface area contributed by atoms with Crippen LogP contribution < -0.4 is 0 Å². The van der Waals surface area contributed by atoms with Gasteiger partial charge in [-0.25, -0.2) is 9.07 Å². The van der Waals surface area contributed by atoms with Crippen molar-refractivity contribution in [1.82, 2.24) is 19.9 Å². The lowest BCUT2D eigenvalue weighted by molar-refractivity contribution is -0.128. The van der Waals surface area contributed by atoms with E-state index in [1.807, 2.05) is 0 Å². The van der Waals surface area contributed by atoms with E-state index in [0.29, 0.717) is 17.3 Å². The first-order chi connectivity index (χ1) is 8.97. The first-order valence-electron chi connectivity index (χ1n) is 5.55. The van der Waals surface area contributed by atoms with Crippen molar-refractivity contribution in [2.75, 3.05) is 7.05 Å². The molecule has 0 saturated carbocycles. The zero-order valence-electron chi connectivity index (χ0n) is 10.5. The van der Waals surface area contributed by atoms with Crippen LogP contribution in [0.2, 0.25) is 5.02 Å². The van der Waals surface area contributed by atoms with Crippen LogP contribution >= 0.6 is 11.6 Å². The van der Waals surface area contributed by atoms with Gasteiger partial charge in [-0.2, -0.15) is 0 Å². The standard InChI is InChI=1S/C12H12ClFN4O/c1-8(19)17(2)6-10-7-18(16-15-10)12-4-3-9(13)5-11(12)14/h3-5,7H,6H2,1-2H3. The zero-order chi connectivity index (χ0) is 14.0. The third kappa shape index (κ3) is 3.08. The molecule has 0 aliphatic heterocycles. The minimum Gasteiger partial charge on any atom is -0.340 e. The smallest absolute Gasteiger partial charge is 0.219 e. The van der Waals surface area contributed by atoms with Crippen LogP contribution in [0.15, 0.2) is 24.4 Å². The third-order valence-corrected chi connectivity index (χ3v) is 2.87. The van der Waals surface area contributed by atoms with Crippen molar-refractivity contribution in [1.29, 1.82) is 0 Å². The lowest BCUT2D eigenvalue weighted by Crippen LogP contribution is -2.23. The number of nitrogens with zero attached hydrogens (tertiary/aromatic N) is 4.